The Morgan fingerprint density at radius 2 is 2.06 bits per heavy atom. The van der Waals surface area contributed by atoms with Crippen LogP contribution in [-0.4, -0.2) is 17.1 Å². The molecule has 0 saturated heterocycles. The zero-order valence-corrected chi connectivity index (χ0v) is 13.5. The SMILES string of the molecule is CC(C)/C(=C/c1cncc(Br)c1)CNC(C)(C)C. The van der Waals surface area contributed by atoms with Gasteiger partial charge in [-0.1, -0.05) is 25.5 Å². The van der Waals surface area contributed by atoms with Crippen LogP contribution in [0, 0.1) is 5.92 Å². The summed E-state index contributed by atoms with van der Waals surface area (Å²) in [5, 5.41) is 3.54. The van der Waals surface area contributed by atoms with Gasteiger partial charge in [-0.05, 0) is 54.2 Å². The molecule has 18 heavy (non-hydrogen) atoms. The van der Waals surface area contributed by atoms with E-state index in [1.54, 1.807) is 6.20 Å². The first kappa shape index (κ1) is 15.4. The molecule has 0 aliphatic carbocycles. The highest BCUT2D eigenvalue weighted by Gasteiger charge is 2.11. The molecule has 2 nitrogen and oxygen atoms in total. The normalized spacial score (nSPS) is 13.2. The van der Waals surface area contributed by atoms with E-state index in [9.17, 15) is 0 Å². The molecular weight excluding hydrogens is 288 g/mol. The van der Waals surface area contributed by atoms with Crippen LogP contribution >= 0.6 is 15.9 Å². The Morgan fingerprint density at radius 1 is 1.39 bits per heavy atom. The van der Waals surface area contributed by atoms with Crippen LogP contribution in [0.4, 0.5) is 0 Å². The second-order valence-electron chi connectivity index (χ2n) is 5.91. The van der Waals surface area contributed by atoms with E-state index < -0.39 is 0 Å². The molecule has 1 aromatic heterocycles. The lowest BCUT2D eigenvalue weighted by atomic mass is 9.99. The van der Waals surface area contributed by atoms with Gasteiger partial charge < -0.3 is 5.32 Å². The minimum Gasteiger partial charge on any atom is -0.308 e. The van der Waals surface area contributed by atoms with E-state index >= 15 is 0 Å². The molecule has 0 atom stereocenters. The third-order valence-electron chi connectivity index (χ3n) is 2.64. The summed E-state index contributed by atoms with van der Waals surface area (Å²) in [6.45, 7) is 11.9. The largest absolute Gasteiger partial charge is 0.308 e. The molecule has 1 N–H and O–H groups in total. The maximum atomic E-state index is 4.19. The summed E-state index contributed by atoms with van der Waals surface area (Å²) in [5.41, 5.74) is 2.68. The monoisotopic (exact) mass is 310 g/mol. The van der Waals surface area contributed by atoms with Crippen molar-refractivity contribution in [3.8, 4) is 0 Å². The van der Waals surface area contributed by atoms with Gasteiger partial charge in [-0.25, -0.2) is 0 Å². The molecule has 0 fully saturated rings. The second kappa shape index (κ2) is 6.48. The van der Waals surface area contributed by atoms with Crippen LogP contribution in [0.2, 0.25) is 0 Å². The topological polar surface area (TPSA) is 24.9 Å². The van der Waals surface area contributed by atoms with Crippen LogP contribution in [0.1, 0.15) is 40.2 Å². The van der Waals surface area contributed by atoms with Crippen molar-refractivity contribution in [2.75, 3.05) is 6.54 Å². The van der Waals surface area contributed by atoms with Crippen molar-refractivity contribution in [3.63, 3.8) is 0 Å². The Balaban J connectivity index is 2.85. The van der Waals surface area contributed by atoms with Gasteiger partial charge in [-0.3, -0.25) is 4.98 Å². The third kappa shape index (κ3) is 5.78. The van der Waals surface area contributed by atoms with Crippen LogP contribution in [0.3, 0.4) is 0 Å². The Bertz CT molecular complexity index is 417. The number of pyridine rings is 1. The predicted molar refractivity (Wildman–Crippen MR) is 82.5 cm³/mol. The molecule has 100 valence electrons. The van der Waals surface area contributed by atoms with Crippen LogP contribution < -0.4 is 5.32 Å². The van der Waals surface area contributed by atoms with E-state index in [1.807, 2.05) is 6.20 Å². The first-order valence-corrected chi connectivity index (χ1v) is 7.13. The van der Waals surface area contributed by atoms with Gasteiger partial charge in [0.25, 0.3) is 0 Å². The summed E-state index contributed by atoms with van der Waals surface area (Å²) in [6, 6.07) is 2.09. The van der Waals surface area contributed by atoms with E-state index in [2.05, 4.69) is 73.0 Å². The van der Waals surface area contributed by atoms with E-state index in [0.717, 1.165) is 16.6 Å². The lowest BCUT2D eigenvalue weighted by molar-refractivity contribution is 0.437. The molecule has 3 heteroatoms. The van der Waals surface area contributed by atoms with E-state index in [0.29, 0.717) is 5.92 Å². The summed E-state index contributed by atoms with van der Waals surface area (Å²) in [6.07, 6.45) is 5.92. The Morgan fingerprint density at radius 3 is 2.56 bits per heavy atom. The number of aromatic nitrogens is 1. The van der Waals surface area contributed by atoms with Crippen LogP contribution in [0.25, 0.3) is 6.08 Å². The number of halogens is 1. The molecule has 1 aromatic rings. The van der Waals surface area contributed by atoms with Crippen molar-refractivity contribution in [1.29, 1.82) is 0 Å². The zero-order chi connectivity index (χ0) is 13.8. The van der Waals surface area contributed by atoms with Crippen molar-refractivity contribution < 1.29 is 0 Å². The smallest absolute Gasteiger partial charge is 0.0410 e. The maximum Gasteiger partial charge on any atom is 0.0410 e. The summed E-state index contributed by atoms with van der Waals surface area (Å²) in [4.78, 5) is 4.19. The van der Waals surface area contributed by atoms with E-state index in [-0.39, 0.29) is 5.54 Å². The van der Waals surface area contributed by atoms with Crippen molar-refractivity contribution in [2.24, 2.45) is 5.92 Å². The van der Waals surface area contributed by atoms with Gasteiger partial charge in [0, 0.05) is 29.0 Å². The predicted octanol–water partition coefficient (Wildman–Crippen LogP) is 4.27. The summed E-state index contributed by atoms with van der Waals surface area (Å²) < 4.78 is 1.02. The van der Waals surface area contributed by atoms with Crippen molar-refractivity contribution in [3.05, 3.63) is 34.1 Å². The summed E-state index contributed by atoms with van der Waals surface area (Å²) >= 11 is 3.45. The highest BCUT2D eigenvalue weighted by atomic mass is 79.9. The number of rotatable bonds is 4. The Labute approximate surface area is 119 Å². The Hall–Kier alpha value is -0.670. The standard InChI is InChI=1S/C15H23BrN2/c1-11(2)13(9-18-15(3,4)5)6-12-7-14(16)10-17-8-12/h6-8,10-11,18H,9H2,1-5H3/b13-6+. The average molecular weight is 311 g/mol. The Kier molecular flexibility index (Phi) is 5.54. The van der Waals surface area contributed by atoms with E-state index in [4.69, 9.17) is 0 Å². The van der Waals surface area contributed by atoms with Crippen molar-refractivity contribution >= 4 is 22.0 Å². The van der Waals surface area contributed by atoms with Gasteiger partial charge in [-0.2, -0.15) is 0 Å². The first-order valence-electron chi connectivity index (χ1n) is 6.34. The molecule has 0 radical (unpaired) electrons. The number of nitrogens with zero attached hydrogens (tertiary/aromatic N) is 1. The first-order chi connectivity index (χ1) is 8.28. The zero-order valence-electron chi connectivity index (χ0n) is 11.9. The highest BCUT2D eigenvalue weighted by molar-refractivity contribution is 9.10. The number of hydrogen-bond acceptors (Lipinski definition) is 2. The van der Waals surface area contributed by atoms with Gasteiger partial charge in [0.15, 0.2) is 0 Å². The molecule has 0 unspecified atom stereocenters. The van der Waals surface area contributed by atoms with Gasteiger partial charge in [0.1, 0.15) is 0 Å². The molecule has 0 aliphatic rings. The van der Waals surface area contributed by atoms with Gasteiger partial charge in [0.05, 0.1) is 0 Å². The third-order valence-corrected chi connectivity index (χ3v) is 3.08. The summed E-state index contributed by atoms with van der Waals surface area (Å²) in [5.74, 6) is 0.527. The van der Waals surface area contributed by atoms with Gasteiger partial charge >= 0.3 is 0 Å². The van der Waals surface area contributed by atoms with Crippen LogP contribution in [0.5, 0.6) is 0 Å². The minimum atomic E-state index is 0.142. The number of nitrogens with one attached hydrogen (secondary N) is 1. The van der Waals surface area contributed by atoms with Gasteiger partial charge in [-0.15, -0.1) is 0 Å². The lowest BCUT2D eigenvalue weighted by Crippen LogP contribution is -2.37. The lowest BCUT2D eigenvalue weighted by Gasteiger charge is -2.23. The van der Waals surface area contributed by atoms with Crippen LogP contribution in [-0.2, 0) is 0 Å². The molecule has 1 rings (SSSR count). The molecule has 0 saturated carbocycles. The summed E-state index contributed by atoms with van der Waals surface area (Å²) in [7, 11) is 0. The molecule has 1 heterocycles. The molecule has 0 spiro atoms. The minimum absolute atomic E-state index is 0.142. The fourth-order valence-corrected chi connectivity index (χ4v) is 1.89. The molecule has 0 aliphatic heterocycles. The van der Waals surface area contributed by atoms with E-state index in [1.165, 1.54) is 5.57 Å². The highest BCUT2D eigenvalue weighted by Crippen LogP contribution is 2.17. The van der Waals surface area contributed by atoms with Crippen molar-refractivity contribution in [1.82, 2.24) is 10.3 Å². The maximum absolute atomic E-state index is 4.19. The quantitative estimate of drug-likeness (QED) is 0.898. The number of hydrogen-bond donors (Lipinski definition) is 1. The second-order valence-corrected chi connectivity index (χ2v) is 6.83. The van der Waals surface area contributed by atoms with Crippen LogP contribution in [0.15, 0.2) is 28.5 Å². The molecular formula is C15H23BrN2. The fraction of sp³-hybridized carbons (Fsp3) is 0.533. The molecule has 0 aromatic carbocycles. The average Bonchev–Trinajstić information content (AvgIpc) is 2.22. The van der Waals surface area contributed by atoms with Gasteiger partial charge in [0.2, 0.25) is 0 Å². The van der Waals surface area contributed by atoms with Crippen molar-refractivity contribution in [2.45, 2.75) is 40.2 Å². The molecule has 0 bridgehead atoms. The molecule has 0 amide bonds. The fourth-order valence-electron chi connectivity index (χ4n) is 1.51.